The third-order valence-electron chi connectivity index (χ3n) is 2.87. The number of thiol groups is 1. The minimum atomic E-state index is -1.09. The van der Waals surface area contributed by atoms with Gasteiger partial charge in [-0.15, -0.1) is 5.92 Å². The summed E-state index contributed by atoms with van der Waals surface area (Å²) in [6.45, 7) is 7.78. The Kier molecular flexibility index (Phi) is 8.51. The summed E-state index contributed by atoms with van der Waals surface area (Å²) in [5.41, 5.74) is 0. The Morgan fingerprint density at radius 3 is 2.57 bits per heavy atom. The molecule has 21 heavy (non-hydrogen) atoms. The molecule has 1 aliphatic rings. The van der Waals surface area contributed by atoms with Gasteiger partial charge in [0.1, 0.15) is 23.3 Å². The average molecular weight is 325 g/mol. The highest BCUT2D eigenvalue weighted by Gasteiger charge is 2.24. The van der Waals surface area contributed by atoms with Crippen molar-refractivity contribution in [3.05, 3.63) is 24.3 Å². The molecule has 0 amide bonds. The first-order valence-corrected chi connectivity index (χ1v) is 8.80. The van der Waals surface area contributed by atoms with Crippen molar-refractivity contribution in [3.63, 3.8) is 0 Å². The van der Waals surface area contributed by atoms with E-state index >= 15 is 0 Å². The molecule has 0 spiro atoms. The molecule has 5 heteroatoms. The number of hydrogen-bond acceptors (Lipinski definition) is 3. The third-order valence-corrected chi connectivity index (χ3v) is 4.77. The topological polar surface area (TPSA) is 29.5 Å². The zero-order chi connectivity index (χ0) is 15.7. The summed E-state index contributed by atoms with van der Waals surface area (Å²) in [7, 11) is -1.09. The van der Waals surface area contributed by atoms with Gasteiger partial charge >= 0.3 is 0 Å². The van der Waals surface area contributed by atoms with Crippen LogP contribution < -0.4 is 4.74 Å². The number of rotatable bonds is 4. The molecule has 3 nitrogen and oxygen atoms in total. The molecule has 2 rings (SSSR count). The number of ether oxygens (including phenoxy) is 1. The fourth-order valence-electron chi connectivity index (χ4n) is 1.85. The molecule has 1 aliphatic heterocycles. The van der Waals surface area contributed by atoms with E-state index in [9.17, 15) is 4.21 Å². The molecule has 0 bridgehead atoms. The maximum Gasteiger partial charge on any atom is 0.149 e. The van der Waals surface area contributed by atoms with E-state index in [-0.39, 0.29) is 0 Å². The van der Waals surface area contributed by atoms with Gasteiger partial charge in [-0.3, -0.25) is 0 Å². The van der Waals surface area contributed by atoms with Crippen LogP contribution in [0.15, 0.2) is 29.2 Å². The van der Waals surface area contributed by atoms with Crippen molar-refractivity contribution < 1.29 is 8.95 Å². The first kappa shape index (κ1) is 18.1. The second-order valence-electron chi connectivity index (χ2n) is 4.27. The predicted molar refractivity (Wildman–Crippen MR) is 92.1 cm³/mol. The van der Waals surface area contributed by atoms with Crippen molar-refractivity contribution in [2.24, 2.45) is 0 Å². The molecule has 0 aromatic heterocycles. The van der Waals surface area contributed by atoms with E-state index in [1.54, 1.807) is 6.92 Å². The predicted octanol–water partition coefficient (Wildman–Crippen LogP) is 3.14. The van der Waals surface area contributed by atoms with E-state index in [0.717, 1.165) is 30.2 Å². The van der Waals surface area contributed by atoms with Crippen LogP contribution in [0.1, 0.15) is 27.2 Å². The maximum atomic E-state index is 12.3. The molecule has 2 atom stereocenters. The van der Waals surface area contributed by atoms with Crippen LogP contribution in [-0.4, -0.2) is 33.5 Å². The van der Waals surface area contributed by atoms with Crippen LogP contribution in [0.5, 0.6) is 5.75 Å². The molecule has 0 N–H and O–H groups in total. The largest absolute Gasteiger partial charge is 0.481 e. The molecule has 0 aliphatic carbocycles. The summed E-state index contributed by atoms with van der Waals surface area (Å²) in [4.78, 5) is 0.802. The molecular weight excluding hydrogens is 302 g/mol. The molecule has 1 aromatic carbocycles. The van der Waals surface area contributed by atoms with Crippen LogP contribution in [0.25, 0.3) is 0 Å². The van der Waals surface area contributed by atoms with Gasteiger partial charge in [-0.25, -0.2) is 8.51 Å². The molecule has 116 valence electrons. The van der Waals surface area contributed by atoms with E-state index in [1.165, 1.54) is 0 Å². The average Bonchev–Trinajstić information content (AvgIpc) is 2.96. The molecule has 1 saturated heterocycles. The van der Waals surface area contributed by atoms with Gasteiger partial charge in [0.15, 0.2) is 0 Å². The van der Waals surface area contributed by atoms with Crippen molar-refractivity contribution in [1.29, 1.82) is 0 Å². The standard InChI is InChI=1S/C14H17NO2S2.C2H6/c1-2-3-10-17-12-4-6-14(7-5-12)19(16)15-9-8-13(18)11-15;1-2/h4-7,13,18H,8-11H2,1H3;1-2H3. The summed E-state index contributed by atoms with van der Waals surface area (Å²) in [5, 5.41) is 0.333. The minimum absolute atomic E-state index is 0.333. The Morgan fingerprint density at radius 1 is 1.38 bits per heavy atom. The van der Waals surface area contributed by atoms with Crippen molar-refractivity contribution in [3.8, 4) is 17.6 Å². The van der Waals surface area contributed by atoms with Gasteiger partial charge in [0, 0.05) is 18.3 Å². The summed E-state index contributed by atoms with van der Waals surface area (Å²) in [6, 6.07) is 7.35. The quantitative estimate of drug-likeness (QED) is 0.681. The Morgan fingerprint density at radius 2 is 2.05 bits per heavy atom. The van der Waals surface area contributed by atoms with Crippen LogP contribution in [0.2, 0.25) is 0 Å². The Labute approximate surface area is 136 Å². The maximum absolute atomic E-state index is 12.3. The lowest BCUT2D eigenvalue weighted by atomic mass is 10.3. The van der Waals surface area contributed by atoms with E-state index in [2.05, 4.69) is 24.5 Å². The fraction of sp³-hybridized carbons (Fsp3) is 0.500. The molecule has 1 aromatic rings. The molecular formula is C16H23NO2S2. The van der Waals surface area contributed by atoms with Crippen molar-refractivity contribution in [2.45, 2.75) is 37.3 Å². The molecule has 1 fully saturated rings. The second kappa shape index (κ2) is 9.88. The Bertz CT molecular complexity index is 505. The van der Waals surface area contributed by atoms with Gasteiger partial charge in [-0.2, -0.15) is 12.6 Å². The highest BCUT2D eigenvalue weighted by Crippen LogP contribution is 2.22. The Balaban J connectivity index is 0.00000106. The summed E-state index contributed by atoms with van der Waals surface area (Å²) < 4.78 is 19.7. The zero-order valence-electron chi connectivity index (χ0n) is 12.8. The summed E-state index contributed by atoms with van der Waals surface area (Å²) in [5.74, 6) is 6.35. The number of nitrogens with zero attached hydrogens (tertiary/aromatic N) is 1. The van der Waals surface area contributed by atoms with Gasteiger partial charge in [0.05, 0.1) is 4.90 Å². The van der Waals surface area contributed by atoms with Crippen LogP contribution in [0.3, 0.4) is 0 Å². The first-order valence-electron chi connectivity index (χ1n) is 7.18. The number of benzene rings is 1. The fourth-order valence-corrected chi connectivity index (χ4v) is 3.53. The van der Waals surface area contributed by atoms with Crippen LogP contribution >= 0.6 is 12.6 Å². The highest BCUT2D eigenvalue weighted by atomic mass is 32.2. The van der Waals surface area contributed by atoms with Crippen LogP contribution in [-0.2, 0) is 11.0 Å². The lowest BCUT2D eigenvalue weighted by Crippen LogP contribution is -2.23. The van der Waals surface area contributed by atoms with E-state index in [4.69, 9.17) is 4.74 Å². The van der Waals surface area contributed by atoms with Gasteiger partial charge in [-0.05, 0) is 37.6 Å². The number of hydrogen-bond donors (Lipinski definition) is 1. The molecule has 1 heterocycles. The lowest BCUT2D eigenvalue weighted by Gasteiger charge is -2.14. The summed E-state index contributed by atoms with van der Waals surface area (Å²) in [6.07, 6.45) is 0.992. The monoisotopic (exact) mass is 325 g/mol. The van der Waals surface area contributed by atoms with Crippen LogP contribution in [0, 0.1) is 11.8 Å². The lowest BCUT2D eigenvalue weighted by molar-refractivity contribution is 0.370. The van der Waals surface area contributed by atoms with Gasteiger partial charge in [0.25, 0.3) is 0 Å². The zero-order valence-corrected chi connectivity index (χ0v) is 14.5. The van der Waals surface area contributed by atoms with Crippen molar-refractivity contribution in [1.82, 2.24) is 4.31 Å². The molecule has 0 saturated carbocycles. The minimum Gasteiger partial charge on any atom is -0.481 e. The van der Waals surface area contributed by atoms with E-state index in [1.807, 2.05) is 42.4 Å². The normalized spacial score (nSPS) is 19.0. The Hall–Kier alpha value is -0.960. The SMILES string of the molecule is CC.CC#CCOc1ccc(S(=O)N2CCC(S)C2)cc1. The van der Waals surface area contributed by atoms with Crippen molar-refractivity contribution >= 4 is 23.6 Å². The van der Waals surface area contributed by atoms with Gasteiger partial charge in [0.2, 0.25) is 0 Å². The highest BCUT2D eigenvalue weighted by molar-refractivity contribution is 7.83. The third kappa shape index (κ3) is 5.74. The first-order chi connectivity index (χ1) is 10.2. The van der Waals surface area contributed by atoms with Gasteiger partial charge in [-0.1, -0.05) is 19.8 Å². The van der Waals surface area contributed by atoms with Crippen LogP contribution in [0.4, 0.5) is 0 Å². The van der Waals surface area contributed by atoms with E-state index in [0.29, 0.717) is 11.9 Å². The van der Waals surface area contributed by atoms with Gasteiger partial charge < -0.3 is 4.74 Å². The van der Waals surface area contributed by atoms with Crippen molar-refractivity contribution in [2.75, 3.05) is 19.7 Å². The molecule has 0 radical (unpaired) electrons. The van der Waals surface area contributed by atoms with E-state index < -0.39 is 11.0 Å². The smallest absolute Gasteiger partial charge is 0.149 e. The second-order valence-corrected chi connectivity index (χ2v) is 6.48. The summed E-state index contributed by atoms with van der Waals surface area (Å²) >= 11 is 4.41. The molecule has 2 unspecified atom stereocenters.